The smallest absolute Gasteiger partial charge is 0.239 e. The van der Waals surface area contributed by atoms with Gasteiger partial charge in [0.1, 0.15) is 5.82 Å². The monoisotopic (exact) mass is 333 g/mol. The van der Waals surface area contributed by atoms with Crippen LogP contribution < -0.4 is 16.0 Å². The molecule has 130 valence electrons. The number of aliphatic imine (C=N–C) groups is 1. The summed E-state index contributed by atoms with van der Waals surface area (Å²) in [5.74, 6) is 2.10. The number of hydrogen-bond donors (Lipinski definition) is 4. The maximum absolute atomic E-state index is 11.8. The molecule has 2 rings (SSSR count). The third-order valence-corrected chi connectivity index (χ3v) is 2.85. The lowest BCUT2D eigenvalue weighted by atomic mass is 10.1. The summed E-state index contributed by atoms with van der Waals surface area (Å²) in [5, 5.41) is 15.8. The molecule has 0 radical (unpaired) electrons. The highest BCUT2D eigenvalue weighted by atomic mass is 16.3. The summed E-state index contributed by atoms with van der Waals surface area (Å²) in [5.41, 5.74) is -0.266. The molecule has 9 nitrogen and oxygen atoms in total. The van der Waals surface area contributed by atoms with Gasteiger partial charge in [-0.1, -0.05) is 0 Å². The van der Waals surface area contributed by atoms with Gasteiger partial charge in [0.05, 0.1) is 19.4 Å². The van der Waals surface area contributed by atoms with Gasteiger partial charge in [-0.15, -0.1) is 5.10 Å². The van der Waals surface area contributed by atoms with E-state index in [0.717, 1.165) is 0 Å². The van der Waals surface area contributed by atoms with E-state index in [9.17, 15) is 4.79 Å². The second-order valence-electron chi connectivity index (χ2n) is 6.16. The first-order valence-corrected chi connectivity index (χ1v) is 7.58. The third-order valence-electron chi connectivity index (χ3n) is 2.85. The van der Waals surface area contributed by atoms with Crippen LogP contribution in [0.4, 0.5) is 0 Å². The summed E-state index contributed by atoms with van der Waals surface area (Å²) in [4.78, 5) is 20.2. The number of guanidine groups is 1. The second kappa shape index (κ2) is 7.62. The Labute approximate surface area is 140 Å². The number of H-pyrrole nitrogens is 1. The van der Waals surface area contributed by atoms with Crippen LogP contribution in [-0.2, 0) is 11.3 Å². The van der Waals surface area contributed by atoms with Crippen molar-refractivity contribution in [3.63, 3.8) is 0 Å². The fourth-order valence-electron chi connectivity index (χ4n) is 1.90. The SMILES string of the molecule is CN=C(NCC(=O)NC(C)(C)C)NCc1nc(-c2ccco2)n[nH]1. The predicted molar refractivity (Wildman–Crippen MR) is 90.2 cm³/mol. The molecule has 9 heteroatoms. The van der Waals surface area contributed by atoms with E-state index in [4.69, 9.17) is 4.42 Å². The molecule has 0 fully saturated rings. The van der Waals surface area contributed by atoms with Crippen molar-refractivity contribution in [3.05, 3.63) is 24.2 Å². The number of amides is 1. The zero-order valence-electron chi connectivity index (χ0n) is 14.3. The number of carbonyl (C=O) groups is 1. The third kappa shape index (κ3) is 5.41. The van der Waals surface area contributed by atoms with Gasteiger partial charge in [-0.05, 0) is 32.9 Å². The minimum absolute atomic E-state index is 0.106. The molecule has 0 bridgehead atoms. The van der Waals surface area contributed by atoms with E-state index in [1.807, 2.05) is 20.8 Å². The molecule has 2 heterocycles. The Bertz CT molecular complexity index is 683. The van der Waals surface area contributed by atoms with Crippen molar-refractivity contribution in [3.8, 4) is 11.6 Å². The normalized spacial score (nSPS) is 12.1. The Morgan fingerprint density at radius 2 is 2.17 bits per heavy atom. The highest BCUT2D eigenvalue weighted by Gasteiger charge is 2.14. The van der Waals surface area contributed by atoms with Gasteiger partial charge in [0, 0.05) is 12.6 Å². The highest BCUT2D eigenvalue weighted by molar-refractivity contribution is 5.86. The second-order valence-corrected chi connectivity index (χ2v) is 6.16. The Balaban J connectivity index is 1.81. The first-order chi connectivity index (χ1) is 11.4. The summed E-state index contributed by atoms with van der Waals surface area (Å²) in [7, 11) is 1.63. The number of carbonyl (C=O) groups excluding carboxylic acids is 1. The molecule has 0 atom stereocenters. The Kier molecular flexibility index (Phi) is 5.56. The minimum Gasteiger partial charge on any atom is -0.461 e. The van der Waals surface area contributed by atoms with E-state index < -0.39 is 0 Å². The van der Waals surface area contributed by atoms with E-state index in [1.54, 1.807) is 25.4 Å². The van der Waals surface area contributed by atoms with Gasteiger partial charge in [0.2, 0.25) is 11.7 Å². The highest BCUT2D eigenvalue weighted by Crippen LogP contribution is 2.14. The van der Waals surface area contributed by atoms with Crippen LogP contribution in [0, 0.1) is 0 Å². The molecule has 24 heavy (non-hydrogen) atoms. The van der Waals surface area contributed by atoms with Crippen molar-refractivity contribution in [2.75, 3.05) is 13.6 Å². The first-order valence-electron chi connectivity index (χ1n) is 7.58. The number of furan rings is 1. The largest absolute Gasteiger partial charge is 0.461 e. The Hall–Kier alpha value is -2.84. The van der Waals surface area contributed by atoms with Gasteiger partial charge >= 0.3 is 0 Å². The van der Waals surface area contributed by atoms with Crippen molar-refractivity contribution in [1.82, 2.24) is 31.1 Å². The van der Waals surface area contributed by atoms with Gasteiger partial charge in [0.25, 0.3) is 0 Å². The van der Waals surface area contributed by atoms with Crippen LogP contribution in [0.1, 0.15) is 26.6 Å². The molecule has 0 aliphatic rings. The molecule has 0 saturated heterocycles. The van der Waals surface area contributed by atoms with E-state index in [0.29, 0.717) is 29.9 Å². The molecular formula is C15H23N7O2. The summed E-state index contributed by atoms with van der Waals surface area (Å²) in [6.07, 6.45) is 1.57. The lowest BCUT2D eigenvalue weighted by molar-refractivity contribution is -0.121. The van der Waals surface area contributed by atoms with E-state index >= 15 is 0 Å². The summed E-state index contributed by atoms with van der Waals surface area (Å²) >= 11 is 0. The van der Waals surface area contributed by atoms with Gasteiger partial charge in [-0.3, -0.25) is 14.9 Å². The predicted octanol–water partition coefficient (Wildman–Crippen LogP) is 0.644. The molecule has 0 spiro atoms. The Morgan fingerprint density at radius 1 is 1.38 bits per heavy atom. The molecule has 0 aliphatic heterocycles. The van der Waals surface area contributed by atoms with Crippen molar-refractivity contribution in [2.45, 2.75) is 32.9 Å². The molecule has 0 aliphatic carbocycles. The van der Waals surface area contributed by atoms with E-state index in [2.05, 4.69) is 36.1 Å². The summed E-state index contributed by atoms with van der Waals surface area (Å²) < 4.78 is 5.24. The van der Waals surface area contributed by atoms with Gasteiger partial charge in [-0.2, -0.15) is 0 Å². The minimum atomic E-state index is -0.266. The molecule has 0 saturated carbocycles. The Morgan fingerprint density at radius 3 is 2.79 bits per heavy atom. The molecule has 0 unspecified atom stereocenters. The molecule has 2 aromatic rings. The lowest BCUT2D eigenvalue weighted by Crippen LogP contribution is -2.48. The average Bonchev–Trinajstić information content (AvgIpc) is 3.16. The van der Waals surface area contributed by atoms with E-state index in [1.165, 1.54) is 0 Å². The van der Waals surface area contributed by atoms with Crippen LogP contribution >= 0.6 is 0 Å². The fraction of sp³-hybridized carbons (Fsp3) is 0.467. The molecular weight excluding hydrogens is 310 g/mol. The van der Waals surface area contributed by atoms with Gasteiger partial charge in [-0.25, -0.2) is 4.98 Å². The van der Waals surface area contributed by atoms with Crippen LogP contribution in [0.3, 0.4) is 0 Å². The maximum Gasteiger partial charge on any atom is 0.239 e. The summed E-state index contributed by atoms with van der Waals surface area (Å²) in [6.45, 7) is 6.30. The maximum atomic E-state index is 11.8. The number of nitrogens with zero attached hydrogens (tertiary/aromatic N) is 3. The molecule has 2 aromatic heterocycles. The molecule has 1 amide bonds. The molecule has 4 N–H and O–H groups in total. The fourth-order valence-corrected chi connectivity index (χ4v) is 1.90. The number of rotatable bonds is 5. The number of nitrogens with one attached hydrogen (secondary N) is 4. The number of hydrogen-bond acceptors (Lipinski definition) is 5. The number of aromatic amines is 1. The zero-order chi connectivity index (χ0) is 17.6. The van der Waals surface area contributed by atoms with Crippen LogP contribution in [-0.4, -0.2) is 46.2 Å². The van der Waals surface area contributed by atoms with Crippen LogP contribution in [0.15, 0.2) is 27.8 Å². The van der Waals surface area contributed by atoms with Gasteiger partial charge in [0.15, 0.2) is 11.7 Å². The van der Waals surface area contributed by atoms with Crippen molar-refractivity contribution in [2.24, 2.45) is 4.99 Å². The van der Waals surface area contributed by atoms with E-state index in [-0.39, 0.29) is 18.0 Å². The quantitative estimate of drug-likeness (QED) is 0.471. The van der Waals surface area contributed by atoms with Gasteiger partial charge < -0.3 is 20.4 Å². The van der Waals surface area contributed by atoms with Crippen molar-refractivity contribution in [1.29, 1.82) is 0 Å². The average molecular weight is 333 g/mol. The van der Waals surface area contributed by atoms with Crippen LogP contribution in [0.25, 0.3) is 11.6 Å². The van der Waals surface area contributed by atoms with Crippen molar-refractivity contribution < 1.29 is 9.21 Å². The summed E-state index contributed by atoms with van der Waals surface area (Å²) in [6, 6.07) is 3.56. The van der Waals surface area contributed by atoms with Crippen LogP contribution in [0.2, 0.25) is 0 Å². The lowest BCUT2D eigenvalue weighted by Gasteiger charge is -2.21. The zero-order valence-corrected chi connectivity index (χ0v) is 14.3. The molecule has 0 aromatic carbocycles. The van der Waals surface area contributed by atoms with Crippen LogP contribution in [0.5, 0.6) is 0 Å². The topological polar surface area (TPSA) is 120 Å². The number of aromatic nitrogens is 3. The van der Waals surface area contributed by atoms with Crippen molar-refractivity contribution >= 4 is 11.9 Å². The first kappa shape index (κ1) is 17.5. The standard InChI is InChI=1S/C15H23N7O2/c1-15(2,3)20-12(23)9-18-14(16-4)17-8-11-19-13(22-21-11)10-6-5-7-24-10/h5-7H,8-9H2,1-4H3,(H,20,23)(H2,16,17,18)(H,19,21,22).